The molecule has 9 heteroatoms. The van der Waals surface area contributed by atoms with Crippen LogP contribution in [0.3, 0.4) is 0 Å². The average Bonchev–Trinajstić information content (AvgIpc) is 2.96. The summed E-state index contributed by atoms with van der Waals surface area (Å²) < 4.78 is 18.6. The second-order valence-electron chi connectivity index (χ2n) is 8.19. The number of nitrogens with one attached hydrogen (secondary N) is 1. The first-order valence-electron chi connectivity index (χ1n) is 10.0. The van der Waals surface area contributed by atoms with Gasteiger partial charge in [-0.2, -0.15) is 0 Å². The number of rotatable bonds is 6. The molecule has 0 bridgehead atoms. The fourth-order valence-corrected chi connectivity index (χ4v) is 4.58. The van der Waals surface area contributed by atoms with E-state index in [1.807, 2.05) is 6.92 Å². The number of hydrogen-bond donors (Lipinski definition) is 1. The van der Waals surface area contributed by atoms with Crippen molar-refractivity contribution in [1.29, 1.82) is 0 Å². The molecule has 1 aromatic rings. The van der Waals surface area contributed by atoms with Crippen molar-refractivity contribution >= 4 is 34.9 Å². The van der Waals surface area contributed by atoms with Gasteiger partial charge < -0.3 is 19.9 Å². The lowest BCUT2D eigenvalue weighted by Crippen LogP contribution is -2.57. The maximum atomic E-state index is 13.5. The Morgan fingerprint density at radius 3 is 2.70 bits per heavy atom. The number of ether oxygens (including phenoxy) is 1. The molecular formula is C21H27ClFN3O4. The zero-order valence-corrected chi connectivity index (χ0v) is 18.2. The number of piperazine rings is 1. The van der Waals surface area contributed by atoms with Crippen LogP contribution >= 0.6 is 11.6 Å². The predicted molar refractivity (Wildman–Crippen MR) is 111 cm³/mol. The molecule has 2 aliphatic heterocycles. The Bertz CT molecular complexity index is 852. The van der Waals surface area contributed by atoms with Gasteiger partial charge in [-0.15, -0.1) is 0 Å². The second-order valence-corrected chi connectivity index (χ2v) is 8.60. The zero-order chi connectivity index (χ0) is 22.1. The Labute approximate surface area is 180 Å². The van der Waals surface area contributed by atoms with Crippen molar-refractivity contribution in [3.63, 3.8) is 0 Å². The molecule has 2 unspecified atom stereocenters. The number of hydrogen-bond acceptors (Lipinski definition) is 5. The number of benzene rings is 1. The molecule has 0 saturated carbocycles. The summed E-state index contributed by atoms with van der Waals surface area (Å²) in [5, 5.41) is 2.79. The SMILES string of the molecule is COCC1(CC(C)C(=O)N2CCN(c3ccc(F)c(Cl)c3)[C@@H](C)C2)NC(=O)CC1=O. The molecule has 164 valence electrons. The Kier molecular flexibility index (Phi) is 6.67. The minimum absolute atomic E-state index is 0.0113. The van der Waals surface area contributed by atoms with E-state index in [0.29, 0.717) is 19.6 Å². The topological polar surface area (TPSA) is 79.0 Å². The molecule has 30 heavy (non-hydrogen) atoms. The smallest absolute Gasteiger partial charge is 0.228 e. The van der Waals surface area contributed by atoms with Crippen molar-refractivity contribution in [3.8, 4) is 0 Å². The molecule has 2 amide bonds. The number of anilines is 1. The standard InChI is InChI=1S/C21H27ClFN3O4/c1-13(10-21(12-30-3)18(27)9-19(28)24-21)20(29)25-6-7-26(14(2)11-25)15-4-5-17(23)16(22)8-15/h4-5,8,13-14H,6-7,9-12H2,1-3H3,(H,24,28)/t13?,14-,21?/m0/s1. The number of ketones is 1. The Balaban J connectivity index is 1.65. The normalized spacial score (nSPS) is 25.4. The zero-order valence-electron chi connectivity index (χ0n) is 17.4. The largest absolute Gasteiger partial charge is 0.382 e. The van der Waals surface area contributed by atoms with Crippen molar-refractivity contribution in [2.75, 3.05) is 38.3 Å². The van der Waals surface area contributed by atoms with Crippen molar-refractivity contribution in [2.45, 2.75) is 38.3 Å². The third-order valence-electron chi connectivity index (χ3n) is 5.87. The predicted octanol–water partition coefficient (Wildman–Crippen LogP) is 2.02. The number of Topliss-reactive ketones (excluding diaryl/α,β-unsaturated/α-hetero) is 1. The summed E-state index contributed by atoms with van der Waals surface area (Å²) in [6.45, 7) is 5.39. The highest BCUT2D eigenvalue weighted by molar-refractivity contribution is 6.31. The van der Waals surface area contributed by atoms with E-state index in [4.69, 9.17) is 16.3 Å². The molecule has 1 N–H and O–H groups in total. The van der Waals surface area contributed by atoms with E-state index in [2.05, 4.69) is 10.2 Å². The molecule has 3 atom stereocenters. The Morgan fingerprint density at radius 2 is 2.13 bits per heavy atom. The van der Waals surface area contributed by atoms with Gasteiger partial charge in [-0.05, 0) is 31.5 Å². The summed E-state index contributed by atoms with van der Waals surface area (Å²) in [6.07, 6.45) is 0.0205. The van der Waals surface area contributed by atoms with Crippen LogP contribution in [0.5, 0.6) is 0 Å². The van der Waals surface area contributed by atoms with E-state index in [0.717, 1.165) is 5.69 Å². The molecule has 0 aromatic heterocycles. The molecule has 0 spiro atoms. The van der Waals surface area contributed by atoms with Gasteiger partial charge in [0, 0.05) is 44.4 Å². The van der Waals surface area contributed by atoms with E-state index in [9.17, 15) is 18.8 Å². The van der Waals surface area contributed by atoms with Gasteiger partial charge in [-0.25, -0.2) is 4.39 Å². The summed E-state index contributed by atoms with van der Waals surface area (Å²) in [7, 11) is 1.47. The highest BCUT2D eigenvalue weighted by atomic mass is 35.5. The highest BCUT2D eigenvalue weighted by Crippen LogP contribution is 2.29. The first-order chi connectivity index (χ1) is 14.2. The number of carbonyl (C=O) groups excluding carboxylic acids is 3. The molecule has 7 nitrogen and oxygen atoms in total. The van der Waals surface area contributed by atoms with E-state index < -0.39 is 17.3 Å². The number of nitrogens with zero attached hydrogens (tertiary/aromatic N) is 2. The van der Waals surface area contributed by atoms with Crippen molar-refractivity contribution in [1.82, 2.24) is 10.2 Å². The minimum atomic E-state index is -1.14. The maximum absolute atomic E-state index is 13.5. The van der Waals surface area contributed by atoms with E-state index in [1.54, 1.807) is 24.0 Å². The molecule has 3 rings (SSSR count). The number of amides is 2. The van der Waals surface area contributed by atoms with Gasteiger partial charge in [0.2, 0.25) is 11.8 Å². The van der Waals surface area contributed by atoms with Crippen LogP contribution in [0.15, 0.2) is 18.2 Å². The molecule has 2 saturated heterocycles. The summed E-state index contributed by atoms with van der Waals surface area (Å²) in [4.78, 5) is 41.1. The van der Waals surface area contributed by atoms with Crippen LogP contribution < -0.4 is 10.2 Å². The van der Waals surface area contributed by atoms with Gasteiger partial charge in [0.15, 0.2) is 5.78 Å². The van der Waals surface area contributed by atoms with Crippen LogP contribution in [0.1, 0.15) is 26.7 Å². The lowest BCUT2D eigenvalue weighted by Gasteiger charge is -2.42. The minimum Gasteiger partial charge on any atom is -0.382 e. The molecule has 2 fully saturated rings. The van der Waals surface area contributed by atoms with Gasteiger partial charge in [0.1, 0.15) is 11.4 Å². The van der Waals surface area contributed by atoms with E-state index in [1.165, 1.54) is 13.2 Å². The monoisotopic (exact) mass is 439 g/mol. The number of halogens is 2. The first-order valence-corrected chi connectivity index (χ1v) is 10.4. The van der Waals surface area contributed by atoms with E-state index >= 15 is 0 Å². The summed E-state index contributed by atoms with van der Waals surface area (Å²) in [5.74, 6) is -1.56. The van der Waals surface area contributed by atoms with Crippen molar-refractivity contribution in [2.24, 2.45) is 5.92 Å². The Hall–Kier alpha value is -2.19. The van der Waals surface area contributed by atoms with Gasteiger partial charge in [-0.1, -0.05) is 18.5 Å². The third kappa shape index (κ3) is 4.44. The van der Waals surface area contributed by atoms with Crippen molar-refractivity contribution < 1.29 is 23.5 Å². The van der Waals surface area contributed by atoms with Gasteiger partial charge >= 0.3 is 0 Å². The van der Waals surface area contributed by atoms with Crippen LogP contribution in [0, 0.1) is 11.7 Å². The summed E-state index contributed by atoms with van der Waals surface area (Å²) in [5.41, 5.74) is -0.327. The highest BCUT2D eigenvalue weighted by Gasteiger charge is 2.48. The second kappa shape index (κ2) is 8.89. The van der Waals surface area contributed by atoms with Gasteiger partial charge in [0.25, 0.3) is 0 Å². The van der Waals surface area contributed by atoms with Gasteiger partial charge in [-0.3, -0.25) is 14.4 Å². The van der Waals surface area contributed by atoms with E-state index in [-0.39, 0.29) is 48.1 Å². The molecular weight excluding hydrogens is 413 g/mol. The fraction of sp³-hybridized carbons (Fsp3) is 0.571. The van der Waals surface area contributed by atoms with Crippen LogP contribution in [0.4, 0.5) is 10.1 Å². The first kappa shape index (κ1) is 22.5. The number of carbonyl (C=O) groups is 3. The van der Waals surface area contributed by atoms with Crippen LogP contribution in [-0.4, -0.2) is 67.4 Å². The lowest BCUT2D eigenvalue weighted by molar-refractivity contribution is -0.137. The quantitative estimate of drug-likeness (QED) is 0.686. The maximum Gasteiger partial charge on any atom is 0.228 e. The fourth-order valence-electron chi connectivity index (χ4n) is 4.41. The van der Waals surface area contributed by atoms with Crippen LogP contribution in [0.25, 0.3) is 0 Å². The van der Waals surface area contributed by atoms with Crippen LogP contribution in [-0.2, 0) is 19.1 Å². The summed E-state index contributed by atoms with van der Waals surface area (Å²) >= 11 is 5.91. The van der Waals surface area contributed by atoms with Crippen LogP contribution in [0.2, 0.25) is 5.02 Å². The summed E-state index contributed by atoms with van der Waals surface area (Å²) in [6, 6.07) is 4.63. The Morgan fingerprint density at radius 1 is 1.40 bits per heavy atom. The van der Waals surface area contributed by atoms with Crippen molar-refractivity contribution in [3.05, 3.63) is 29.0 Å². The third-order valence-corrected chi connectivity index (χ3v) is 6.16. The average molecular weight is 440 g/mol. The lowest BCUT2D eigenvalue weighted by atomic mass is 9.85. The molecule has 0 radical (unpaired) electrons. The molecule has 2 heterocycles. The van der Waals surface area contributed by atoms with Gasteiger partial charge in [0.05, 0.1) is 18.1 Å². The number of methoxy groups -OCH3 is 1. The molecule has 2 aliphatic rings. The molecule has 0 aliphatic carbocycles. The molecule has 1 aromatic carbocycles.